The van der Waals surface area contributed by atoms with Crippen molar-refractivity contribution in [1.82, 2.24) is 0 Å². The standard InChI is InChI=1S/C41H51FO6Si.C35H37FO6/c1-11-12-13-14-30-15-17-31(18-16-30)32-19-20-34(36(42)25-32)35-27-37(45-23-24-46-39(43)28(2)3)33(26-38(35)48-40(44)29(4)5)21-22-47-49(9,10)41(6,7)8;1-6-7-8-9-25-10-12-26(13-11-25)27-14-15-29(31(36)20-27)30-22-32(40-18-19-41-34(38)23(2)3)28(16-17-37)21-33(30)42-35(39)24(4)5/h15-20,23-27H,2,4,11-14,21-22H2,1,3,5-10H3;10-15,18-22,37H,2,4,6-9,16-17H2,1,3,5H3/b24-23-;19-18-. The number of aryl methyl sites for hydroxylation is 2. The molecule has 91 heavy (non-hydrogen) atoms. The average molecular weight is 1260 g/mol. The van der Waals surface area contributed by atoms with Crippen LogP contribution in [0.1, 0.15) is 123 Å². The fraction of sp³-hybridized carbons (Fsp3) is 0.316. The molecule has 0 heterocycles. The van der Waals surface area contributed by atoms with Gasteiger partial charge in [-0.2, -0.15) is 0 Å². The van der Waals surface area contributed by atoms with Crippen molar-refractivity contribution in [2.75, 3.05) is 13.2 Å². The Hall–Kier alpha value is -8.76. The third-order valence-corrected chi connectivity index (χ3v) is 19.8. The number of ether oxygens (including phenoxy) is 6. The average Bonchev–Trinajstić information content (AvgIpc) is 1.05. The van der Waals surface area contributed by atoms with E-state index in [9.17, 15) is 24.3 Å². The number of unbranched alkanes of at least 4 members (excludes halogenated alkanes) is 4. The molecule has 0 radical (unpaired) electrons. The van der Waals surface area contributed by atoms with Gasteiger partial charge in [-0.25, -0.2) is 28.0 Å². The Balaban J connectivity index is 0.000000334. The Morgan fingerprint density at radius 1 is 0.473 bits per heavy atom. The SMILES string of the molecule is C=C(C)C(=O)O/C=C\Oc1cc(-c2ccc(-c3ccc(CCCCC)cc3)cc2F)c(OC(=O)C(=C)C)cc1CCO.C=C(C)C(=O)O/C=C\Oc1cc(-c2ccc(-c3ccc(CCCCC)cc3)cc2F)c(OC(=O)C(=C)C)cc1CCO[Si](C)(C)C(C)(C)C. The summed E-state index contributed by atoms with van der Waals surface area (Å²) in [5.41, 5.74) is 8.61. The normalized spacial score (nSPS) is 11.4. The second kappa shape index (κ2) is 35.0. The molecule has 1 N–H and O–H groups in total. The van der Waals surface area contributed by atoms with Gasteiger partial charge in [0.2, 0.25) is 0 Å². The highest BCUT2D eigenvalue weighted by Crippen LogP contribution is 2.42. The predicted octanol–water partition coefficient (Wildman–Crippen LogP) is 18.8. The quantitative estimate of drug-likeness (QED) is 0.0114. The molecule has 12 nitrogen and oxygen atoms in total. The number of rotatable bonds is 30. The highest BCUT2D eigenvalue weighted by atomic mass is 28.4. The van der Waals surface area contributed by atoms with Crippen molar-refractivity contribution < 1.29 is 65.9 Å². The van der Waals surface area contributed by atoms with Crippen LogP contribution in [-0.4, -0.2) is 50.5 Å². The molecule has 0 aliphatic carbocycles. The molecule has 0 saturated carbocycles. The van der Waals surface area contributed by atoms with Gasteiger partial charge in [0.1, 0.15) is 59.7 Å². The summed E-state index contributed by atoms with van der Waals surface area (Å²) in [4.78, 5) is 48.8. The van der Waals surface area contributed by atoms with Crippen molar-refractivity contribution in [1.29, 1.82) is 0 Å². The van der Waals surface area contributed by atoms with E-state index in [0.717, 1.165) is 67.6 Å². The lowest BCUT2D eigenvalue weighted by molar-refractivity contribution is -0.134. The summed E-state index contributed by atoms with van der Waals surface area (Å²) in [6.07, 6.45) is 14.1. The number of benzene rings is 6. The molecule has 0 aromatic heterocycles. The number of aliphatic hydroxyl groups excluding tert-OH is 1. The van der Waals surface area contributed by atoms with E-state index in [2.05, 4.69) is 98.3 Å². The van der Waals surface area contributed by atoms with E-state index in [1.54, 1.807) is 37.3 Å². The Morgan fingerprint density at radius 2 is 0.846 bits per heavy atom. The van der Waals surface area contributed by atoms with Crippen LogP contribution < -0.4 is 18.9 Å². The molecule has 482 valence electrons. The minimum absolute atomic E-state index is 0.00856. The van der Waals surface area contributed by atoms with Crippen LogP contribution >= 0.6 is 0 Å². The summed E-state index contributed by atoms with van der Waals surface area (Å²) >= 11 is 0. The molecule has 0 saturated heterocycles. The maximum atomic E-state index is 16.0. The number of hydrogen-bond acceptors (Lipinski definition) is 12. The Morgan fingerprint density at radius 3 is 1.19 bits per heavy atom. The molecule has 0 aliphatic heterocycles. The maximum absolute atomic E-state index is 16.0. The van der Waals surface area contributed by atoms with Gasteiger partial charge in [-0.3, -0.25) is 0 Å². The predicted molar refractivity (Wildman–Crippen MR) is 361 cm³/mol. The third kappa shape index (κ3) is 22.0. The first-order valence-electron chi connectivity index (χ1n) is 30.7. The summed E-state index contributed by atoms with van der Waals surface area (Å²) in [5.74, 6) is -2.72. The van der Waals surface area contributed by atoms with Crippen LogP contribution in [0.3, 0.4) is 0 Å². The molecule has 0 aliphatic rings. The van der Waals surface area contributed by atoms with Gasteiger partial charge in [0.15, 0.2) is 8.32 Å². The van der Waals surface area contributed by atoms with Gasteiger partial charge in [0.25, 0.3) is 0 Å². The number of carbonyl (C=O) groups excluding carboxylic acids is 4. The second-order valence-electron chi connectivity index (χ2n) is 23.9. The molecule has 0 fully saturated rings. The summed E-state index contributed by atoms with van der Waals surface area (Å²) in [6.45, 7) is 35.9. The molecule has 0 amide bonds. The highest BCUT2D eigenvalue weighted by molar-refractivity contribution is 6.74. The Labute approximate surface area is 537 Å². The molecule has 0 atom stereocenters. The van der Waals surface area contributed by atoms with Crippen LogP contribution in [0.15, 0.2) is 183 Å². The lowest BCUT2D eigenvalue weighted by atomic mass is 9.96. The van der Waals surface area contributed by atoms with Gasteiger partial charge < -0.3 is 38.0 Å². The lowest BCUT2D eigenvalue weighted by Gasteiger charge is -2.36. The molecular formula is C76H88F2O12Si. The van der Waals surface area contributed by atoms with Crippen LogP contribution in [0.25, 0.3) is 44.5 Å². The number of halogens is 2. The Kier molecular flexibility index (Phi) is 28.1. The zero-order chi connectivity index (χ0) is 67.0. The minimum Gasteiger partial charge on any atom is -0.461 e. The van der Waals surface area contributed by atoms with E-state index in [-0.39, 0.29) is 74.3 Å². The molecule has 0 unspecified atom stereocenters. The minimum atomic E-state index is -2.07. The molecule has 6 aromatic carbocycles. The highest BCUT2D eigenvalue weighted by Gasteiger charge is 2.37. The van der Waals surface area contributed by atoms with E-state index >= 15 is 8.78 Å². The van der Waals surface area contributed by atoms with Gasteiger partial charge in [0.05, 0.1) is 0 Å². The fourth-order valence-electron chi connectivity index (χ4n) is 8.83. The summed E-state index contributed by atoms with van der Waals surface area (Å²) in [7, 11) is -2.07. The molecular weight excluding hydrogens is 1170 g/mol. The monoisotopic (exact) mass is 1260 g/mol. The summed E-state index contributed by atoms with van der Waals surface area (Å²) < 4.78 is 71.1. The van der Waals surface area contributed by atoms with E-state index in [1.807, 2.05) is 30.3 Å². The van der Waals surface area contributed by atoms with Crippen LogP contribution in [0.5, 0.6) is 23.0 Å². The number of carbonyl (C=O) groups is 4. The zero-order valence-electron chi connectivity index (χ0n) is 54.7. The van der Waals surface area contributed by atoms with Crippen LogP contribution in [-0.2, 0) is 58.8 Å². The van der Waals surface area contributed by atoms with Crippen molar-refractivity contribution in [2.45, 2.75) is 145 Å². The van der Waals surface area contributed by atoms with Gasteiger partial charge in [-0.05, 0) is 154 Å². The van der Waals surface area contributed by atoms with Gasteiger partial charge in [-0.15, -0.1) is 0 Å². The molecule has 0 bridgehead atoms. The second-order valence-corrected chi connectivity index (χ2v) is 28.7. The molecule has 15 heteroatoms. The van der Waals surface area contributed by atoms with Crippen molar-refractivity contribution >= 4 is 32.2 Å². The maximum Gasteiger partial charge on any atom is 0.338 e. The first kappa shape index (κ1) is 73.0. The number of hydrogen-bond donors (Lipinski definition) is 1. The number of aliphatic hydroxyl groups is 1. The molecule has 0 spiro atoms. The van der Waals surface area contributed by atoms with Crippen molar-refractivity contribution in [3.8, 4) is 67.5 Å². The smallest absolute Gasteiger partial charge is 0.338 e. The Bertz CT molecular complexity index is 3630. The van der Waals surface area contributed by atoms with E-state index in [1.165, 1.54) is 81.7 Å². The number of esters is 4. The molecule has 6 aromatic rings. The van der Waals surface area contributed by atoms with E-state index in [4.69, 9.17) is 32.8 Å². The molecule has 6 rings (SSSR count). The third-order valence-electron chi connectivity index (χ3n) is 15.2. The van der Waals surface area contributed by atoms with Crippen molar-refractivity contribution in [3.05, 3.63) is 217 Å². The van der Waals surface area contributed by atoms with Crippen LogP contribution in [0.4, 0.5) is 8.78 Å². The van der Waals surface area contributed by atoms with Crippen molar-refractivity contribution in [2.24, 2.45) is 0 Å². The summed E-state index contributed by atoms with van der Waals surface area (Å²) in [5, 5.41) is 9.62. The van der Waals surface area contributed by atoms with E-state index in [0.29, 0.717) is 41.0 Å². The van der Waals surface area contributed by atoms with Gasteiger partial charge in [0, 0.05) is 68.9 Å². The van der Waals surface area contributed by atoms with Gasteiger partial charge >= 0.3 is 23.9 Å². The lowest BCUT2D eigenvalue weighted by Crippen LogP contribution is -2.41. The topological polar surface area (TPSA) is 153 Å². The van der Waals surface area contributed by atoms with Crippen LogP contribution in [0, 0.1) is 11.6 Å². The van der Waals surface area contributed by atoms with Crippen molar-refractivity contribution in [3.63, 3.8) is 0 Å². The van der Waals surface area contributed by atoms with E-state index < -0.39 is 43.8 Å². The first-order chi connectivity index (χ1) is 43.2. The van der Waals surface area contributed by atoms with Crippen LogP contribution in [0.2, 0.25) is 18.1 Å². The largest absolute Gasteiger partial charge is 0.461 e. The fourth-order valence-corrected chi connectivity index (χ4v) is 9.87. The first-order valence-corrected chi connectivity index (χ1v) is 33.6. The van der Waals surface area contributed by atoms with Gasteiger partial charge in [-0.1, -0.05) is 159 Å². The summed E-state index contributed by atoms with van der Waals surface area (Å²) in [6, 6.07) is 32.4. The zero-order valence-corrected chi connectivity index (χ0v) is 55.7.